The van der Waals surface area contributed by atoms with Crippen LogP contribution < -0.4 is 9.80 Å². The van der Waals surface area contributed by atoms with E-state index in [0.717, 1.165) is 50.3 Å². The molecule has 0 amide bonds. The molecule has 0 saturated carbocycles. The van der Waals surface area contributed by atoms with E-state index in [1.807, 2.05) is 72.8 Å². The van der Waals surface area contributed by atoms with Crippen molar-refractivity contribution < 1.29 is 0 Å². The van der Waals surface area contributed by atoms with E-state index >= 15 is 0 Å². The zero-order chi connectivity index (χ0) is 40.1. The molecule has 5 heteroatoms. The summed E-state index contributed by atoms with van der Waals surface area (Å²) in [5.74, 6) is 0.435. The largest absolute Gasteiger partial charge is 0.310 e. The standard InChI is InChI=1S/C53H39N5/c1-33(2)48-28-50(57(40-16-9-35(30-54)10-17-40)41-18-11-36(31-55)12-19-41)46-25-23-45-49(34(3)4)29-51(47-26-24-44(48)52(46)53(45)47)58(42-20-13-37(32-56)14-21-42)43-22-15-38-7-5-6-8-39(38)27-43/h5-29,33-34H,1-4H3. The minimum absolute atomic E-state index is 0.212. The number of hydrogen-bond acceptors (Lipinski definition) is 5. The maximum Gasteiger partial charge on any atom is 0.0991 e. The molecule has 5 nitrogen and oxygen atoms in total. The van der Waals surface area contributed by atoms with E-state index in [4.69, 9.17) is 0 Å². The molecule has 0 spiro atoms. The number of nitrogens with zero attached hydrogens (tertiary/aromatic N) is 5. The topological polar surface area (TPSA) is 77.8 Å². The average Bonchev–Trinajstić information content (AvgIpc) is 3.26. The molecule has 0 atom stereocenters. The first-order valence-corrected chi connectivity index (χ1v) is 19.7. The zero-order valence-corrected chi connectivity index (χ0v) is 32.8. The van der Waals surface area contributed by atoms with Gasteiger partial charge in [0.05, 0.1) is 46.3 Å². The molecule has 0 saturated heterocycles. The highest BCUT2D eigenvalue weighted by Gasteiger charge is 2.26. The van der Waals surface area contributed by atoms with Gasteiger partial charge in [-0.15, -0.1) is 0 Å². The molecule has 0 N–H and O–H groups in total. The lowest BCUT2D eigenvalue weighted by molar-refractivity contribution is 0.875. The third-order valence-electron chi connectivity index (χ3n) is 11.4. The van der Waals surface area contributed by atoms with Gasteiger partial charge in [-0.2, -0.15) is 15.8 Å². The zero-order valence-electron chi connectivity index (χ0n) is 32.8. The van der Waals surface area contributed by atoms with Gasteiger partial charge in [0.15, 0.2) is 0 Å². The van der Waals surface area contributed by atoms with Crippen LogP contribution in [0.25, 0.3) is 43.1 Å². The molecule has 276 valence electrons. The SMILES string of the molecule is CC(C)c1cc(N(c2ccc(C#N)cc2)c2ccc(C#N)cc2)c2ccc3c(C(C)C)cc(N(c4ccc(C#N)cc4)c4ccc5ccccc5c4)c4ccc1c2c34. The highest BCUT2D eigenvalue weighted by molar-refractivity contribution is 6.29. The molecule has 0 heterocycles. The van der Waals surface area contributed by atoms with Crippen LogP contribution in [0, 0.1) is 34.0 Å². The smallest absolute Gasteiger partial charge is 0.0991 e. The molecule has 0 unspecified atom stereocenters. The van der Waals surface area contributed by atoms with Gasteiger partial charge in [0.2, 0.25) is 0 Å². The molecule has 9 rings (SSSR count). The van der Waals surface area contributed by atoms with Crippen molar-refractivity contribution in [1.29, 1.82) is 15.8 Å². The number of benzene rings is 9. The van der Waals surface area contributed by atoms with E-state index in [9.17, 15) is 15.8 Å². The minimum atomic E-state index is 0.212. The Morgan fingerprint density at radius 3 is 1.14 bits per heavy atom. The molecular formula is C53H39N5. The summed E-state index contributed by atoms with van der Waals surface area (Å²) in [6, 6.07) is 59.1. The van der Waals surface area contributed by atoms with Gasteiger partial charge in [0, 0.05) is 33.5 Å². The van der Waals surface area contributed by atoms with E-state index < -0.39 is 0 Å². The van der Waals surface area contributed by atoms with Gasteiger partial charge < -0.3 is 9.80 Å². The van der Waals surface area contributed by atoms with Crippen molar-refractivity contribution >= 4 is 77.2 Å². The molecule has 0 fully saturated rings. The Morgan fingerprint density at radius 1 is 0.379 bits per heavy atom. The summed E-state index contributed by atoms with van der Waals surface area (Å²) in [5, 5.41) is 38.5. The van der Waals surface area contributed by atoms with Crippen LogP contribution in [-0.2, 0) is 0 Å². The molecule has 0 aliphatic rings. The van der Waals surface area contributed by atoms with Crippen molar-refractivity contribution in [3.8, 4) is 18.2 Å². The molecular weight excluding hydrogens is 707 g/mol. The fraction of sp³-hybridized carbons (Fsp3) is 0.113. The fourth-order valence-corrected chi connectivity index (χ4v) is 8.56. The summed E-state index contributed by atoms with van der Waals surface area (Å²) in [5.41, 5.74) is 10.2. The Balaban J connectivity index is 1.40. The first-order chi connectivity index (χ1) is 28.3. The lowest BCUT2D eigenvalue weighted by Gasteiger charge is -2.31. The number of fused-ring (bicyclic) bond motifs is 1. The van der Waals surface area contributed by atoms with Crippen LogP contribution in [0.1, 0.15) is 67.3 Å². The predicted octanol–water partition coefficient (Wildman–Crippen LogP) is 14.5. The van der Waals surface area contributed by atoms with E-state index in [-0.39, 0.29) is 11.8 Å². The highest BCUT2D eigenvalue weighted by atomic mass is 15.1. The Morgan fingerprint density at radius 2 is 0.741 bits per heavy atom. The molecule has 58 heavy (non-hydrogen) atoms. The molecule has 0 radical (unpaired) electrons. The van der Waals surface area contributed by atoms with Crippen LogP contribution in [0.15, 0.2) is 152 Å². The summed E-state index contributed by atoms with van der Waals surface area (Å²) < 4.78 is 0. The number of nitriles is 3. The first kappa shape index (κ1) is 36.0. The van der Waals surface area contributed by atoms with Crippen molar-refractivity contribution in [3.05, 3.63) is 179 Å². The predicted molar refractivity (Wildman–Crippen MR) is 239 cm³/mol. The van der Waals surface area contributed by atoms with Gasteiger partial charge in [-0.25, -0.2) is 0 Å². The molecule has 0 aliphatic heterocycles. The van der Waals surface area contributed by atoms with E-state index in [0.29, 0.717) is 16.7 Å². The van der Waals surface area contributed by atoms with Crippen LogP contribution in [0.3, 0.4) is 0 Å². The maximum absolute atomic E-state index is 9.74. The third-order valence-corrected chi connectivity index (χ3v) is 11.4. The van der Waals surface area contributed by atoms with Crippen LogP contribution in [0.2, 0.25) is 0 Å². The van der Waals surface area contributed by atoms with Crippen LogP contribution in [0.5, 0.6) is 0 Å². The minimum Gasteiger partial charge on any atom is -0.310 e. The Kier molecular flexibility index (Phi) is 8.97. The van der Waals surface area contributed by atoms with Crippen LogP contribution in [0.4, 0.5) is 34.1 Å². The van der Waals surface area contributed by atoms with Crippen molar-refractivity contribution in [3.63, 3.8) is 0 Å². The second-order valence-electron chi connectivity index (χ2n) is 15.5. The monoisotopic (exact) mass is 745 g/mol. The van der Waals surface area contributed by atoms with Crippen LogP contribution >= 0.6 is 0 Å². The van der Waals surface area contributed by atoms with Gasteiger partial charge >= 0.3 is 0 Å². The van der Waals surface area contributed by atoms with Gasteiger partial charge in [0.1, 0.15) is 0 Å². The number of hydrogen-bond donors (Lipinski definition) is 0. The normalized spacial score (nSPS) is 11.4. The quantitative estimate of drug-likeness (QED) is 0.145. The molecule has 0 aromatic heterocycles. The summed E-state index contributed by atoms with van der Waals surface area (Å²) in [7, 11) is 0. The lowest BCUT2D eigenvalue weighted by atomic mass is 9.84. The second-order valence-corrected chi connectivity index (χ2v) is 15.5. The molecule has 9 aromatic rings. The van der Waals surface area contributed by atoms with Crippen molar-refractivity contribution in [2.24, 2.45) is 0 Å². The second kappa shape index (κ2) is 14.5. The summed E-state index contributed by atoms with van der Waals surface area (Å²) >= 11 is 0. The van der Waals surface area contributed by atoms with Crippen molar-refractivity contribution in [2.45, 2.75) is 39.5 Å². The molecule has 0 aliphatic carbocycles. The maximum atomic E-state index is 9.74. The average molecular weight is 746 g/mol. The summed E-state index contributed by atoms with van der Waals surface area (Å²) in [6.45, 7) is 9.03. The van der Waals surface area contributed by atoms with Crippen LogP contribution in [-0.4, -0.2) is 0 Å². The van der Waals surface area contributed by atoms with Gasteiger partial charge in [-0.05, 0) is 152 Å². The fourth-order valence-electron chi connectivity index (χ4n) is 8.56. The molecule has 0 bridgehead atoms. The van der Waals surface area contributed by atoms with Gasteiger partial charge in [-0.1, -0.05) is 82.3 Å². The lowest BCUT2D eigenvalue weighted by Crippen LogP contribution is -2.13. The molecule has 9 aromatic carbocycles. The van der Waals surface area contributed by atoms with E-state index in [2.05, 4.69) is 135 Å². The number of rotatable bonds is 8. The number of anilines is 6. The van der Waals surface area contributed by atoms with Crippen molar-refractivity contribution in [1.82, 2.24) is 0 Å². The van der Waals surface area contributed by atoms with E-state index in [1.165, 1.54) is 38.1 Å². The third kappa shape index (κ3) is 6.01. The Hall–Kier alpha value is -7.65. The summed E-state index contributed by atoms with van der Waals surface area (Å²) in [6.07, 6.45) is 0. The Bertz CT molecular complexity index is 3080. The van der Waals surface area contributed by atoms with Gasteiger partial charge in [0.25, 0.3) is 0 Å². The Labute approximate surface area is 338 Å². The van der Waals surface area contributed by atoms with E-state index in [1.54, 1.807) is 0 Å². The van der Waals surface area contributed by atoms with Crippen molar-refractivity contribution in [2.75, 3.05) is 9.80 Å². The first-order valence-electron chi connectivity index (χ1n) is 19.7. The summed E-state index contributed by atoms with van der Waals surface area (Å²) in [4.78, 5) is 4.60. The van der Waals surface area contributed by atoms with Gasteiger partial charge in [-0.3, -0.25) is 0 Å². The highest BCUT2D eigenvalue weighted by Crippen LogP contribution is 2.51.